The Kier molecular flexibility index (Phi) is 29.9. The predicted octanol–water partition coefficient (Wildman–Crippen LogP) is -0.917. The Morgan fingerprint density at radius 3 is 1.67 bits per heavy atom. The van der Waals surface area contributed by atoms with Crippen LogP contribution in [-0.2, 0) is 0 Å². The minimum atomic E-state index is 0. The molecule has 0 bridgehead atoms. The van der Waals surface area contributed by atoms with Gasteiger partial charge in [-0.3, -0.25) is 0 Å². The second-order valence-electron chi connectivity index (χ2n) is 1.34. The van der Waals surface area contributed by atoms with Gasteiger partial charge in [-0.1, -0.05) is 38.9 Å². The van der Waals surface area contributed by atoms with Gasteiger partial charge in [-0.2, -0.15) is 0 Å². The average Bonchev–Trinajstić information content (AvgIpc) is 1.65. The van der Waals surface area contributed by atoms with Crippen LogP contribution < -0.4 is 35.3 Å². The van der Waals surface area contributed by atoms with Gasteiger partial charge < -0.3 is 7.16 Å². The molecule has 0 atom stereocenters. The van der Waals surface area contributed by atoms with E-state index in [1.807, 2.05) is 0 Å². The van der Waals surface area contributed by atoms with Crippen LogP contribution in [0.2, 0.25) is 0 Å². The first-order valence-corrected chi connectivity index (χ1v) is 3.49. The van der Waals surface area contributed by atoms with E-state index in [9.17, 15) is 0 Å². The molecular formula is C5H14NNaS2. The molecule has 0 unspecified atom stereocenters. The van der Waals surface area contributed by atoms with Gasteiger partial charge in [0.1, 0.15) is 4.32 Å². The Morgan fingerprint density at radius 1 is 1.56 bits per heavy atom. The number of nitrogens with two attached hydrogens (primary N) is 1. The summed E-state index contributed by atoms with van der Waals surface area (Å²) in [5, 5.41) is 0. The maximum absolute atomic E-state index is 4.71. The molecule has 9 heavy (non-hydrogen) atoms. The molecule has 4 heteroatoms. The molecule has 0 spiro atoms. The molecule has 1 nitrogen and oxygen atoms in total. The Hall–Kier alpha value is 1.24. The standard InChI is InChI=1S/C4H10.CH3NS2.Na.H/c1-3-4-2;2-1(3)4;;/h3-4H2,1-2H3;(H3,2,3,4);;/q;;+1;-1. The van der Waals surface area contributed by atoms with Crippen molar-refractivity contribution in [1.29, 1.82) is 0 Å². The van der Waals surface area contributed by atoms with Crippen LogP contribution in [0.25, 0.3) is 0 Å². The van der Waals surface area contributed by atoms with Gasteiger partial charge in [0.2, 0.25) is 0 Å². The third-order valence-electron chi connectivity index (χ3n) is 0.500. The number of thiol groups is 1. The van der Waals surface area contributed by atoms with Crippen molar-refractivity contribution < 1.29 is 31.0 Å². The smallest absolute Gasteiger partial charge is 1.00 e. The molecule has 0 aliphatic rings. The topological polar surface area (TPSA) is 26.0 Å². The van der Waals surface area contributed by atoms with Gasteiger partial charge in [0, 0.05) is 0 Å². The molecule has 2 N–H and O–H groups in total. The van der Waals surface area contributed by atoms with Gasteiger partial charge in [-0.25, -0.2) is 0 Å². The Morgan fingerprint density at radius 2 is 1.67 bits per heavy atom. The maximum atomic E-state index is 4.71. The van der Waals surface area contributed by atoms with Crippen LogP contribution in [0.5, 0.6) is 0 Å². The van der Waals surface area contributed by atoms with Crippen molar-refractivity contribution in [2.75, 3.05) is 0 Å². The van der Waals surface area contributed by atoms with E-state index in [2.05, 4.69) is 38.7 Å². The van der Waals surface area contributed by atoms with Crippen LogP contribution in [0.4, 0.5) is 0 Å². The molecule has 0 aromatic carbocycles. The molecule has 0 amide bonds. The van der Waals surface area contributed by atoms with E-state index >= 15 is 0 Å². The van der Waals surface area contributed by atoms with E-state index in [-0.39, 0.29) is 35.3 Å². The van der Waals surface area contributed by atoms with Crippen molar-refractivity contribution >= 4 is 29.2 Å². The van der Waals surface area contributed by atoms with Gasteiger partial charge in [0.25, 0.3) is 0 Å². The monoisotopic (exact) mass is 175 g/mol. The first-order chi connectivity index (χ1) is 3.65. The normalized spacial score (nSPS) is 6.11. The summed E-state index contributed by atoms with van der Waals surface area (Å²) < 4.78 is 0.194. The molecule has 52 valence electrons. The zero-order valence-electron chi connectivity index (χ0n) is 7.35. The van der Waals surface area contributed by atoms with Crippen molar-refractivity contribution in [3.63, 3.8) is 0 Å². The fourth-order valence-electron chi connectivity index (χ4n) is 0. The number of thiocarbonyl (C=S) groups is 1. The summed E-state index contributed by atoms with van der Waals surface area (Å²) in [6, 6.07) is 0. The number of rotatable bonds is 1. The van der Waals surface area contributed by atoms with E-state index < -0.39 is 0 Å². The van der Waals surface area contributed by atoms with E-state index in [1.165, 1.54) is 12.8 Å². The van der Waals surface area contributed by atoms with Gasteiger partial charge in [0.15, 0.2) is 0 Å². The van der Waals surface area contributed by atoms with E-state index in [4.69, 9.17) is 5.73 Å². The predicted molar refractivity (Wildman–Crippen MR) is 47.5 cm³/mol. The quantitative estimate of drug-likeness (QED) is 0.306. The van der Waals surface area contributed by atoms with Crippen molar-refractivity contribution in [2.45, 2.75) is 26.7 Å². The summed E-state index contributed by atoms with van der Waals surface area (Å²) in [6.45, 7) is 4.36. The maximum Gasteiger partial charge on any atom is 1.00 e. The SMILES string of the molecule is CCCC.NC(=S)S.[H-].[Na+]. The van der Waals surface area contributed by atoms with Crippen molar-refractivity contribution in [3.8, 4) is 0 Å². The molecule has 0 heterocycles. The summed E-state index contributed by atoms with van der Waals surface area (Å²) >= 11 is 7.65. The molecule has 0 aliphatic heterocycles. The van der Waals surface area contributed by atoms with Gasteiger partial charge in [-0.15, -0.1) is 12.6 Å². The second-order valence-corrected chi connectivity index (χ2v) is 2.56. The van der Waals surface area contributed by atoms with Crippen LogP contribution in [0.1, 0.15) is 28.1 Å². The Bertz CT molecular complexity index is 57.6. The average molecular weight is 175 g/mol. The van der Waals surface area contributed by atoms with Crippen LogP contribution in [0.15, 0.2) is 0 Å². The first-order valence-electron chi connectivity index (χ1n) is 2.63. The molecule has 0 aromatic rings. The second kappa shape index (κ2) is 16.1. The van der Waals surface area contributed by atoms with Crippen molar-refractivity contribution in [2.24, 2.45) is 5.73 Å². The third kappa shape index (κ3) is 96.5. The van der Waals surface area contributed by atoms with Gasteiger partial charge in [0.05, 0.1) is 0 Å². The molecule has 0 saturated carbocycles. The summed E-state index contributed by atoms with van der Waals surface area (Å²) in [4.78, 5) is 0. The van der Waals surface area contributed by atoms with Crippen LogP contribution in [0, 0.1) is 0 Å². The Balaban J connectivity index is -0.0000000300. The molecule has 0 saturated heterocycles. The minimum Gasteiger partial charge on any atom is -1.00 e. The Labute approximate surface area is 92.0 Å². The summed E-state index contributed by atoms with van der Waals surface area (Å²) in [7, 11) is 0. The zero-order chi connectivity index (χ0) is 6.99. The molecule has 0 rings (SSSR count). The van der Waals surface area contributed by atoms with E-state index in [0.717, 1.165) is 0 Å². The van der Waals surface area contributed by atoms with E-state index in [0.29, 0.717) is 0 Å². The molecular weight excluding hydrogens is 161 g/mol. The van der Waals surface area contributed by atoms with Crippen molar-refractivity contribution in [1.82, 2.24) is 0 Å². The third-order valence-corrected chi connectivity index (χ3v) is 0.500. The van der Waals surface area contributed by atoms with Crippen molar-refractivity contribution in [3.05, 3.63) is 0 Å². The van der Waals surface area contributed by atoms with Crippen LogP contribution in [0.3, 0.4) is 0 Å². The molecule has 0 radical (unpaired) electrons. The van der Waals surface area contributed by atoms with Gasteiger partial charge in [-0.05, 0) is 0 Å². The fourth-order valence-corrected chi connectivity index (χ4v) is 0. The van der Waals surface area contributed by atoms with E-state index in [1.54, 1.807) is 0 Å². The summed E-state index contributed by atoms with van der Waals surface area (Å²) in [5.74, 6) is 0. The number of hydrogen-bond acceptors (Lipinski definition) is 1. The number of hydrogen-bond donors (Lipinski definition) is 2. The first kappa shape index (κ1) is 16.7. The van der Waals surface area contributed by atoms with Crippen LogP contribution in [-0.4, -0.2) is 4.32 Å². The zero-order valence-corrected chi connectivity index (χ0v) is 10.1. The summed E-state index contributed by atoms with van der Waals surface area (Å²) in [6.07, 6.45) is 2.64. The molecule has 0 fully saturated rings. The number of unbranched alkanes of at least 4 members (excludes halogenated alkanes) is 1. The molecule has 0 aromatic heterocycles. The largest absolute Gasteiger partial charge is 1.00 e. The molecule has 0 aliphatic carbocycles. The summed E-state index contributed by atoms with van der Waals surface area (Å²) in [5.41, 5.74) is 4.71. The van der Waals surface area contributed by atoms with Crippen LogP contribution >= 0.6 is 24.8 Å². The van der Waals surface area contributed by atoms with Gasteiger partial charge >= 0.3 is 29.6 Å². The fraction of sp³-hybridized carbons (Fsp3) is 0.800. The minimum absolute atomic E-state index is 0.